The predicted octanol–water partition coefficient (Wildman–Crippen LogP) is 5.45. The Morgan fingerprint density at radius 1 is 1.03 bits per heavy atom. The summed E-state index contributed by atoms with van der Waals surface area (Å²) in [5.41, 5.74) is 4.17. The molecule has 1 aromatic heterocycles. The molecule has 0 saturated heterocycles. The standard InChI is InChI=1S/C26H31N3O2/c1-18(2)21-11-9-20(10-12-21)15-29(19(3)22-7-5-4-6-8-22)16-25-28-24(17-31-25)26(30)27-23-13-14-23/h4-12,17-19,23H,13-16H2,1-3H3,(H,27,30). The lowest BCUT2D eigenvalue weighted by Crippen LogP contribution is -2.27. The van der Waals surface area contributed by atoms with Crippen molar-refractivity contribution in [2.75, 3.05) is 0 Å². The summed E-state index contributed by atoms with van der Waals surface area (Å²) in [6.45, 7) is 7.90. The Labute approximate surface area is 184 Å². The molecule has 4 rings (SSSR count). The van der Waals surface area contributed by atoms with E-state index in [1.165, 1.54) is 23.0 Å². The van der Waals surface area contributed by atoms with Gasteiger partial charge in [0.1, 0.15) is 6.26 Å². The zero-order valence-electron chi connectivity index (χ0n) is 18.5. The Morgan fingerprint density at radius 3 is 2.39 bits per heavy atom. The van der Waals surface area contributed by atoms with E-state index in [4.69, 9.17) is 4.42 Å². The molecule has 5 heteroatoms. The lowest BCUT2D eigenvalue weighted by Gasteiger charge is -2.28. The highest BCUT2D eigenvalue weighted by atomic mass is 16.3. The third-order valence-corrected chi connectivity index (χ3v) is 5.90. The number of hydrogen-bond acceptors (Lipinski definition) is 4. The fraction of sp³-hybridized carbons (Fsp3) is 0.385. The van der Waals surface area contributed by atoms with Crippen molar-refractivity contribution in [2.24, 2.45) is 0 Å². The maximum Gasteiger partial charge on any atom is 0.273 e. The van der Waals surface area contributed by atoms with Crippen LogP contribution in [-0.4, -0.2) is 21.8 Å². The summed E-state index contributed by atoms with van der Waals surface area (Å²) in [5.74, 6) is 0.924. The molecule has 1 amide bonds. The molecule has 1 unspecified atom stereocenters. The van der Waals surface area contributed by atoms with Crippen LogP contribution in [0, 0.1) is 0 Å². The lowest BCUT2D eigenvalue weighted by atomic mass is 10.0. The molecule has 1 aliphatic rings. The van der Waals surface area contributed by atoms with Gasteiger partial charge in [0.05, 0.1) is 6.54 Å². The van der Waals surface area contributed by atoms with Crippen LogP contribution in [0.3, 0.4) is 0 Å². The number of aromatic nitrogens is 1. The number of oxazole rings is 1. The van der Waals surface area contributed by atoms with Gasteiger partial charge in [-0.25, -0.2) is 4.98 Å². The predicted molar refractivity (Wildman–Crippen MR) is 122 cm³/mol. The molecule has 162 valence electrons. The van der Waals surface area contributed by atoms with Gasteiger partial charge in [-0.2, -0.15) is 0 Å². The average molecular weight is 418 g/mol. The second kappa shape index (κ2) is 9.48. The van der Waals surface area contributed by atoms with Gasteiger partial charge in [-0.3, -0.25) is 9.69 Å². The maximum atomic E-state index is 12.3. The number of nitrogens with one attached hydrogen (secondary N) is 1. The van der Waals surface area contributed by atoms with E-state index >= 15 is 0 Å². The van der Waals surface area contributed by atoms with Gasteiger partial charge in [0.15, 0.2) is 5.69 Å². The van der Waals surface area contributed by atoms with Crippen LogP contribution in [0.1, 0.15) is 78.6 Å². The largest absolute Gasteiger partial charge is 0.447 e. The van der Waals surface area contributed by atoms with Crippen LogP contribution in [0.15, 0.2) is 65.3 Å². The average Bonchev–Trinajstić information content (AvgIpc) is 3.47. The summed E-state index contributed by atoms with van der Waals surface area (Å²) in [6.07, 6.45) is 3.57. The number of hydrogen-bond donors (Lipinski definition) is 1. The summed E-state index contributed by atoms with van der Waals surface area (Å²) in [4.78, 5) is 19.1. The highest BCUT2D eigenvalue weighted by Crippen LogP contribution is 2.25. The molecule has 0 spiro atoms. The first-order chi connectivity index (χ1) is 15.0. The van der Waals surface area contributed by atoms with Crippen LogP contribution < -0.4 is 5.32 Å². The van der Waals surface area contributed by atoms with Crippen LogP contribution >= 0.6 is 0 Å². The molecule has 1 saturated carbocycles. The number of amides is 1. The molecule has 2 aromatic carbocycles. The van der Waals surface area contributed by atoms with Crippen LogP contribution in [0.5, 0.6) is 0 Å². The van der Waals surface area contributed by atoms with Gasteiger partial charge in [-0.15, -0.1) is 0 Å². The molecule has 1 fully saturated rings. The lowest BCUT2D eigenvalue weighted by molar-refractivity contribution is 0.0946. The third-order valence-electron chi connectivity index (χ3n) is 5.90. The Balaban J connectivity index is 1.52. The van der Waals surface area contributed by atoms with Crippen molar-refractivity contribution in [2.45, 2.75) is 64.7 Å². The zero-order chi connectivity index (χ0) is 21.8. The van der Waals surface area contributed by atoms with Crippen molar-refractivity contribution in [3.05, 3.63) is 89.1 Å². The van der Waals surface area contributed by atoms with Crippen molar-refractivity contribution in [1.82, 2.24) is 15.2 Å². The van der Waals surface area contributed by atoms with Crippen molar-refractivity contribution in [3.8, 4) is 0 Å². The van der Waals surface area contributed by atoms with Gasteiger partial charge in [0, 0.05) is 18.6 Å². The molecule has 31 heavy (non-hydrogen) atoms. The maximum absolute atomic E-state index is 12.3. The van der Waals surface area contributed by atoms with Crippen LogP contribution in [0.25, 0.3) is 0 Å². The minimum Gasteiger partial charge on any atom is -0.447 e. The first kappa shape index (κ1) is 21.3. The van der Waals surface area contributed by atoms with Crippen molar-refractivity contribution in [1.29, 1.82) is 0 Å². The molecule has 1 N–H and O–H groups in total. The van der Waals surface area contributed by atoms with E-state index in [2.05, 4.69) is 84.5 Å². The molecule has 0 radical (unpaired) electrons. The molecule has 3 aromatic rings. The minimum absolute atomic E-state index is 0.149. The number of benzene rings is 2. The number of carbonyl (C=O) groups is 1. The Morgan fingerprint density at radius 2 is 1.74 bits per heavy atom. The number of nitrogens with zero attached hydrogens (tertiary/aromatic N) is 2. The smallest absolute Gasteiger partial charge is 0.273 e. The molecule has 1 aliphatic carbocycles. The Kier molecular flexibility index (Phi) is 6.52. The fourth-order valence-electron chi connectivity index (χ4n) is 3.66. The first-order valence-electron chi connectivity index (χ1n) is 11.1. The van der Waals surface area contributed by atoms with Gasteiger partial charge < -0.3 is 9.73 Å². The number of rotatable bonds is 9. The van der Waals surface area contributed by atoms with Gasteiger partial charge in [0.25, 0.3) is 5.91 Å². The highest BCUT2D eigenvalue weighted by Gasteiger charge is 2.26. The summed E-state index contributed by atoms with van der Waals surface area (Å²) >= 11 is 0. The quantitative estimate of drug-likeness (QED) is 0.503. The summed E-state index contributed by atoms with van der Waals surface area (Å²) in [7, 11) is 0. The van der Waals surface area contributed by atoms with Gasteiger partial charge in [0.2, 0.25) is 5.89 Å². The van der Waals surface area contributed by atoms with E-state index in [-0.39, 0.29) is 11.9 Å². The molecular formula is C26H31N3O2. The van der Waals surface area contributed by atoms with E-state index in [0.29, 0.717) is 30.1 Å². The Bertz CT molecular complexity index is 991. The fourth-order valence-corrected chi connectivity index (χ4v) is 3.66. The van der Waals surface area contributed by atoms with Gasteiger partial charge in [-0.1, -0.05) is 68.4 Å². The van der Waals surface area contributed by atoms with Crippen molar-refractivity contribution in [3.63, 3.8) is 0 Å². The second-order valence-electron chi connectivity index (χ2n) is 8.76. The summed E-state index contributed by atoms with van der Waals surface area (Å²) < 4.78 is 5.68. The highest BCUT2D eigenvalue weighted by molar-refractivity contribution is 5.92. The van der Waals surface area contributed by atoms with Gasteiger partial charge in [-0.05, 0) is 42.4 Å². The summed E-state index contributed by atoms with van der Waals surface area (Å²) in [5, 5.41) is 2.96. The van der Waals surface area contributed by atoms with E-state index in [0.717, 1.165) is 19.4 Å². The topological polar surface area (TPSA) is 58.4 Å². The number of carbonyl (C=O) groups excluding carboxylic acids is 1. The van der Waals surface area contributed by atoms with E-state index < -0.39 is 0 Å². The summed E-state index contributed by atoms with van der Waals surface area (Å²) in [6, 6.07) is 19.7. The monoisotopic (exact) mass is 417 g/mol. The van der Waals surface area contributed by atoms with Gasteiger partial charge >= 0.3 is 0 Å². The molecule has 1 atom stereocenters. The van der Waals surface area contributed by atoms with Crippen LogP contribution in [0.4, 0.5) is 0 Å². The zero-order valence-corrected chi connectivity index (χ0v) is 18.5. The van der Waals surface area contributed by atoms with Crippen molar-refractivity contribution >= 4 is 5.91 Å². The Hall–Kier alpha value is -2.92. The molecular weight excluding hydrogens is 386 g/mol. The van der Waals surface area contributed by atoms with E-state index in [1.54, 1.807) is 0 Å². The van der Waals surface area contributed by atoms with Crippen LogP contribution in [-0.2, 0) is 13.1 Å². The first-order valence-corrected chi connectivity index (χ1v) is 11.1. The minimum atomic E-state index is -0.149. The normalized spacial score (nSPS) is 14.7. The molecule has 5 nitrogen and oxygen atoms in total. The molecule has 0 bridgehead atoms. The third kappa shape index (κ3) is 5.61. The van der Waals surface area contributed by atoms with E-state index in [9.17, 15) is 4.79 Å². The second-order valence-corrected chi connectivity index (χ2v) is 8.76. The molecule has 0 aliphatic heterocycles. The van der Waals surface area contributed by atoms with Crippen molar-refractivity contribution < 1.29 is 9.21 Å². The SMILES string of the molecule is CC(C)c1ccc(CN(Cc2nc(C(=O)NC3CC3)co2)C(C)c2ccccc2)cc1. The van der Waals surface area contributed by atoms with Crippen LogP contribution in [0.2, 0.25) is 0 Å². The molecule has 1 heterocycles. The van der Waals surface area contributed by atoms with E-state index in [1.807, 2.05) is 6.07 Å².